The molecule has 1 aromatic heterocycles. The molecule has 0 N–H and O–H groups in total. The Hall–Kier alpha value is -1.36. The summed E-state index contributed by atoms with van der Waals surface area (Å²) in [6, 6.07) is 5.45. The van der Waals surface area contributed by atoms with E-state index in [1.165, 1.54) is 6.33 Å². The van der Waals surface area contributed by atoms with Crippen LogP contribution in [-0.4, -0.2) is 22.1 Å². The molecule has 0 aliphatic heterocycles. The number of rotatable bonds is 3. The Bertz CT molecular complexity index is 641. The summed E-state index contributed by atoms with van der Waals surface area (Å²) >= 11 is 17.4. The van der Waals surface area contributed by atoms with E-state index in [2.05, 4.69) is 21.5 Å². The second-order valence-electron chi connectivity index (χ2n) is 3.79. The number of nitrogens with zero attached hydrogens (tertiary/aromatic N) is 3. The molecule has 0 bridgehead atoms. The Morgan fingerprint density at radius 3 is 2.60 bits per heavy atom. The van der Waals surface area contributed by atoms with Crippen molar-refractivity contribution >= 4 is 40.9 Å². The van der Waals surface area contributed by atoms with Gasteiger partial charge < -0.3 is 4.74 Å². The van der Waals surface area contributed by atoms with Gasteiger partial charge in [-0.1, -0.05) is 53.5 Å². The molecule has 1 aromatic carbocycles. The minimum Gasteiger partial charge on any atom is -0.497 e. The van der Waals surface area contributed by atoms with Gasteiger partial charge in [-0.05, 0) is 17.7 Å². The monoisotopic (exact) mass is 329 g/mol. The lowest BCUT2D eigenvalue weighted by molar-refractivity contribution is 0.415. The smallest absolute Gasteiger partial charge is 0.250 e. The highest BCUT2D eigenvalue weighted by Gasteiger charge is 2.27. The summed E-state index contributed by atoms with van der Waals surface area (Å²) in [5.41, 5.74) is 1.56. The van der Waals surface area contributed by atoms with Crippen molar-refractivity contribution in [2.24, 2.45) is 0 Å². The van der Waals surface area contributed by atoms with Crippen LogP contribution < -0.4 is 4.74 Å². The molecule has 0 aliphatic carbocycles. The van der Waals surface area contributed by atoms with Crippen molar-refractivity contribution in [1.82, 2.24) is 15.0 Å². The Morgan fingerprint density at radius 2 is 2.00 bits per heavy atom. The van der Waals surface area contributed by atoms with E-state index in [4.69, 9.17) is 39.5 Å². The molecular formula is C13H10Cl3N3O. The third-order valence-corrected chi connectivity index (χ3v) is 3.05. The van der Waals surface area contributed by atoms with Crippen molar-refractivity contribution in [2.45, 2.75) is 3.79 Å². The highest BCUT2D eigenvalue weighted by Crippen LogP contribution is 2.36. The SMILES string of the molecule is C=Cc1ccc(OC)cc1-c1ncnc(C(Cl)(Cl)Cl)n1. The summed E-state index contributed by atoms with van der Waals surface area (Å²) in [4.78, 5) is 12.1. The number of ether oxygens (including phenoxy) is 1. The lowest BCUT2D eigenvalue weighted by atomic mass is 10.1. The molecule has 0 aliphatic rings. The predicted octanol–water partition coefficient (Wildman–Crippen LogP) is 4.02. The quantitative estimate of drug-likeness (QED) is 0.798. The van der Waals surface area contributed by atoms with Crippen LogP contribution in [0.5, 0.6) is 5.75 Å². The molecule has 0 radical (unpaired) electrons. The molecule has 0 fully saturated rings. The molecule has 0 spiro atoms. The number of aromatic nitrogens is 3. The maximum atomic E-state index is 5.78. The zero-order valence-electron chi connectivity index (χ0n) is 10.5. The Balaban J connectivity index is 2.58. The van der Waals surface area contributed by atoms with Gasteiger partial charge in [0.1, 0.15) is 12.1 Å². The number of alkyl halides is 3. The van der Waals surface area contributed by atoms with E-state index < -0.39 is 3.79 Å². The molecule has 20 heavy (non-hydrogen) atoms. The van der Waals surface area contributed by atoms with Gasteiger partial charge in [-0.25, -0.2) is 15.0 Å². The van der Waals surface area contributed by atoms with Crippen LogP contribution in [0.15, 0.2) is 31.1 Å². The first-order valence-corrected chi connectivity index (χ1v) is 6.66. The molecule has 2 aromatic rings. The Labute approximate surface area is 131 Å². The molecule has 1 heterocycles. The van der Waals surface area contributed by atoms with Crippen LogP contribution in [0.25, 0.3) is 17.5 Å². The van der Waals surface area contributed by atoms with Crippen molar-refractivity contribution in [2.75, 3.05) is 7.11 Å². The highest BCUT2D eigenvalue weighted by molar-refractivity contribution is 6.66. The number of benzene rings is 1. The molecule has 0 amide bonds. The summed E-state index contributed by atoms with van der Waals surface area (Å²) in [5, 5.41) is 0. The van der Waals surface area contributed by atoms with Gasteiger partial charge in [0.2, 0.25) is 3.79 Å². The maximum absolute atomic E-state index is 5.78. The molecular weight excluding hydrogens is 321 g/mol. The number of hydrogen-bond donors (Lipinski definition) is 0. The molecule has 0 saturated carbocycles. The van der Waals surface area contributed by atoms with Crippen LogP contribution >= 0.6 is 34.8 Å². The van der Waals surface area contributed by atoms with Crippen LogP contribution in [-0.2, 0) is 3.79 Å². The van der Waals surface area contributed by atoms with Crippen molar-refractivity contribution in [3.05, 3.63) is 42.5 Å². The largest absolute Gasteiger partial charge is 0.497 e. The second kappa shape index (κ2) is 5.95. The van der Waals surface area contributed by atoms with Crippen molar-refractivity contribution < 1.29 is 4.74 Å². The molecule has 0 unspecified atom stereocenters. The summed E-state index contributed by atoms with van der Waals surface area (Å²) in [6.45, 7) is 3.75. The van der Waals surface area contributed by atoms with E-state index in [0.29, 0.717) is 11.6 Å². The van der Waals surface area contributed by atoms with Gasteiger partial charge in [0.05, 0.1) is 7.11 Å². The van der Waals surface area contributed by atoms with E-state index in [0.717, 1.165) is 11.1 Å². The van der Waals surface area contributed by atoms with Crippen molar-refractivity contribution in [3.8, 4) is 17.1 Å². The van der Waals surface area contributed by atoms with E-state index in [-0.39, 0.29) is 5.82 Å². The van der Waals surface area contributed by atoms with Crippen LogP contribution in [0.4, 0.5) is 0 Å². The maximum Gasteiger partial charge on any atom is 0.250 e. The topological polar surface area (TPSA) is 47.9 Å². The summed E-state index contributed by atoms with van der Waals surface area (Å²) in [6.07, 6.45) is 2.99. The van der Waals surface area contributed by atoms with Gasteiger partial charge in [0.15, 0.2) is 11.6 Å². The fourth-order valence-corrected chi connectivity index (χ4v) is 1.87. The fourth-order valence-electron chi connectivity index (χ4n) is 1.60. The standard InChI is InChI=1S/C13H10Cl3N3O/c1-3-8-4-5-9(20-2)6-10(8)11-17-7-18-12(19-11)13(14,15)16/h3-7H,1H2,2H3. The molecule has 0 atom stereocenters. The Morgan fingerprint density at radius 1 is 1.25 bits per heavy atom. The molecule has 104 valence electrons. The summed E-state index contributed by atoms with van der Waals surface area (Å²) in [5.74, 6) is 1.11. The molecule has 0 saturated heterocycles. The Kier molecular flexibility index (Phi) is 4.48. The van der Waals surface area contributed by atoms with Gasteiger partial charge in [-0.15, -0.1) is 0 Å². The fraction of sp³-hybridized carbons (Fsp3) is 0.154. The average Bonchev–Trinajstić information content (AvgIpc) is 2.45. The van der Waals surface area contributed by atoms with Gasteiger partial charge >= 0.3 is 0 Å². The van der Waals surface area contributed by atoms with Gasteiger partial charge in [-0.3, -0.25) is 0 Å². The van der Waals surface area contributed by atoms with E-state index in [9.17, 15) is 0 Å². The van der Waals surface area contributed by atoms with E-state index in [1.807, 2.05) is 12.1 Å². The predicted molar refractivity (Wildman–Crippen MR) is 81.1 cm³/mol. The second-order valence-corrected chi connectivity index (χ2v) is 6.07. The summed E-state index contributed by atoms with van der Waals surface area (Å²) in [7, 11) is 1.58. The third kappa shape index (κ3) is 3.20. The van der Waals surface area contributed by atoms with Crippen LogP contribution in [0.1, 0.15) is 11.4 Å². The molecule has 4 nitrogen and oxygen atoms in total. The van der Waals surface area contributed by atoms with Gasteiger partial charge in [0, 0.05) is 5.56 Å². The first-order chi connectivity index (χ1) is 9.45. The molecule has 7 heteroatoms. The average molecular weight is 331 g/mol. The lowest BCUT2D eigenvalue weighted by Crippen LogP contribution is -2.09. The van der Waals surface area contributed by atoms with Crippen LogP contribution in [0, 0.1) is 0 Å². The summed E-state index contributed by atoms with van der Waals surface area (Å²) < 4.78 is 3.49. The first kappa shape index (κ1) is 15.0. The zero-order chi connectivity index (χ0) is 14.8. The molecule has 2 rings (SSSR count). The first-order valence-electron chi connectivity index (χ1n) is 5.53. The van der Waals surface area contributed by atoms with Gasteiger partial charge in [-0.2, -0.15) is 0 Å². The zero-order valence-corrected chi connectivity index (χ0v) is 12.7. The number of halogens is 3. The van der Waals surface area contributed by atoms with E-state index in [1.54, 1.807) is 19.3 Å². The minimum atomic E-state index is -1.70. The third-order valence-electron chi connectivity index (χ3n) is 2.55. The van der Waals surface area contributed by atoms with E-state index >= 15 is 0 Å². The van der Waals surface area contributed by atoms with Crippen LogP contribution in [0.2, 0.25) is 0 Å². The van der Waals surface area contributed by atoms with Gasteiger partial charge in [0.25, 0.3) is 0 Å². The number of hydrogen-bond acceptors (Lipinski definition) is 4. The lowest BCUT2D eigenvalue weighted by Gasteiger charge is -2.11. The number of methoxy groups -OCH3 is 1. The minimum absolute atomic E-state index is 0.0605. The van der Waals surface area contributed by atoms with Crippen molar-refractivity contribution in [3.63, 3.8) is 0 Å². The van der Waals surface area contributed by atoms with Crippen molar-refractivity contribution in [1.29, 1.82) is 0 Å². The highest BCUT2D eigenvalue weighted by atomic mass is 35.6. The normalized spacial score (nSPS) is 11.2. The van der Waals surface area contributed by atoms with Crippen LogP contribution in [0.3, 0.4) is 0 Å².